The molecule has 2 aromatic rings. The summed E-state index contributed by atoms with van der Waals surface area (Å²) in [7, 11) is 1.60. The minimum absolute atomic E-state index is 0.119. The van der Waals surface area contributed by atoms with Gasteiger partial charge in [-0.05, 0) is 12.1 Å². The molecule has 0 radical (unpaired) electrons. The summed E-state index contributed by atoms with van der Waals surface area (Å²) in [5.74, 6) is 2.96. The van der Waals surface area contributed by atoms with Crippen molar-refractivity contribution < 1.29 is 13.9 Å². The Kier molecular flexibility index (Phi) is 3.54. The minimum atomic E-state index is -0.119. The standard InChI is InChI=1S/C14H13NO3/c1-3-6-15-14(16)7-10-9-18-13-8-11(17-2)4-5-12(10)13/h1,4-5,8-9H,6-7H2,2H3,(H,15,16). The molecular formula is C14H13NO3. The van der Waals surface area contributed by atoms with Crippen molar-refractivity contribution in [3.8, 4) is 18.1 Å². The van der Waals surface area contributed by atoms with E-state index in [0.717, 1.165) is 16.7 Å². The summed E-state index contributed by atoms with van der Waals surface area (Å²) < 4.78 is 10.5. The third kappa shape index (κ3) is 2.46. The van der Waals surface area contributed by atoms with Crippen LogP contribution in [0.2, 0.25) is 0 Å². The van der Waals surface area contributed by atoms with Gasteiger partial charge in [-0.1, -0.05) is 5.92 Å². The van der Waals surface area contributed by atoms with Crippen LogP contribution in [0.4, 0.5) is 0 Å². The summed E-state index contributed by atoms with van der Waals surface area (Å²) in [6.45, 7) is 0.239. The van der Waals surface area contributed by atoms with Gasteiger partial charge in [0.25, 0.3) is 0 Å². The van der Waals surface area contributed by atoms with Crippen LogP contribution < -0.4 is 10.1 Å². The number of furan rings is 1. The molecule has 4 nitrogen and oxygen atoms in total. The lowest BCUT2D eigenvalue weighted by molar-refractivity contribution is -0.120. The molecule has 18 heavy (non-hydrogen) atoms. The van der Waals surface area contributed by atoms with Gasteiger partial charge in [-0.2, -0.15) is 0 Å². The third-order valence-corrected chi connectivity index (χ3v) is 2.60. The molecule has 1 aromatic carbocycles. The largest absolute Gasteiger partial charge is 0.497 e. The number of carbonyl (C=O) groups excluding carboxylic acids is 1. The maximum atomic E-state index is 11.6. The Morgan fingerprint density at radius 3 is 3.11 bits per heavy atom. The topological polar surface area (TPSA) is 51.5 Å². The average molecular weight is 243 g/mol. The van der Waals surface area contributed by atoms with Crippen molar-refractivity contribution in [2.24, 2.45) is 0 Å². The first-order chi connectivity index (χ1) is 8.74. The fourth-order valence-electron chi connectivity index (χ4n) is 1.71. The maximum absolute atomic E-state index is 11.6. The van der Waals surface area contributed by atoms with E-state index in [9.17, 15) is 4.79 Å². The Labute approximate surface area is 105 Å². The Morgan fingerprint density at radius 2 is 2.39 bits per heavy atom. The molecule has 0 aliphatic carbocycles. The minimum Gasteiger partial charge on any atom is -0.497 e. The first-order valence-electron chi connectivity index (χ1n) is 5.49. The second-order valence-corrected chi connectivity index (χ2v) is 3.78. The van der Waals surface area contributed by atoms with Crippen LogP contribution in [0.1, 0.15) is 5.56 Å². The monoisotopic (exact) mass is 243 g/mol. The zero-order valence-corrected chi connectivity index (χ0v) is 10.0. The Bertz CT molecular complexity index is 607. The first kappa shape index (κ1) is 12.1. The molecule has 1 aromatic heterocycles. The van der Waals surface area contributed by atoms with Crippen molar-refractivity contribution in [2.75, 3.05) is 13.7 Å². The van der Waals surface area contributed by atoms with E-state index in [4.69, 9.17) is 15.6 Å². The molecule has 0 aliphatic rings. The van der Waals surface area contributed by atoms with Gasteiger partial charge in [-0.15, -0.1) is 6.42 Å². The van der Waals surface area contributed by atoms with Crippen molar-refractivity contribution in [2.45, 2.75) is 6.42 Å². The average Bonchev–Trinajstić information content (AvgIpc) is 2.78. The molecule has 0 spiro atoms. The van der Waals surface area contributed by atoms with Crippen LogP contribution in [0.3, 0.4) is 0 Å². The molecule has 0 saturated heterocycles. The van der Waals surface area contributed by atoms with E-state index < -0.39 is 0 Å². The molecule has 92 valence electrons. The number of amides is 1. The van der Waals surface area contributed by atoms with Gasteiger partial charge in [0.15, 0.2) is 0 Å². The van der Waals surface area contributed by atoms with Crippen molar-refractivity contribution in [3.63, 3.8) is 0 Å². The van der Waals surface area contributed by atoms with Gasteiger partial charge in [0.2, 0.25) is 5.91 Å². The lowest BCUT2D eigenvalue weighted by Gasteiger charge is -2.01. The summed E-state index contributed by atoms with van der Waals surface area (Å²) in [6.07, 6.45) is 6.91. The Balaban J connectivity index is 2.19. The van der Waals surface area contributed by atoms with E-state index >= 15 is 0 Å². The number of hydrogen-bond acceptors (Lipinski definition) is 3. The smallest absolute Gasteiger partial charge is 0.225 e. The summed E-state index contributed by atoms with van der Waals surface area (Å²) in [6, 6.07) is 5.50. The fourth-order valence-corrected chi connectivity index (χ4v) is 1.71. The van der Waals surface area contributed by atoms with E-state index in [1.165, 1.54) is 0 Å². The molecule has 0 bridgehead atoms. The lowest BCUT2D eigenvalue weighted by Crippen LogP contribution is -2.25. The highest BCUT2D eigenvalue weighted by Gasteiger charge is 2.10. The number of nitrogens with one attached hydrogen (secondary N) is 1. The second-order valence-electron chi connectivity index (χ2n) is 3.78. The van der Waals surface area contributed by atoms with Crippen molar-refractivity contribution in [3.05, 3.63) is 30.0 Å². The number of hydrogen-bond donors (Lipinski definition) is 1. The fraction of sp³-hybridized carbons (Fsp3) is 0.214. The van der Waals surface area contributed by atoms with Crippen LogP contribution in [0, 0.1) is 12.3 Å². The van der Waals surface area contributed by atoms with Gasteiger partial charge in [0.1, 0.15) is 11.3 Å². The van der Waals surface area contributed by atoms with Crippen LogP contribution >= 0.6 is 0 Å². The summed E-state index contributed by atoms with van der Waals surface area (Å²) >= 11 is 0. The van der Waals surface area contributed by atoms with Crippen LogP contribution in [-0.2, 0) is 11.2 Å². The van der Waals surface area contributed by atoms with E-state index in [-0.39, 0.29) is 18.9 Å². The zero-order valence-electron chi connectivity index (χ0n) is 10.0. The normalized spacial score (nSPS) is 10.0. The Hall–Kier alpha value is -2.41. The number of benzene rings is 1. The molecule has 4 heteroatoms. The highest BCUT2D eigenvalue weighted by molar-refractivity contribution is 5.88. The van der Waals surface area contributed by atoms with Crippen molar-refractivity contribution >= 4 is 16.9 Å². The molecule has 0 unspecified atom stereocenters. The molecule has 1 amide bonds. The van der Waals surface area contributed by atoms with Crippen molar-refractivity contribution in [1.29, 1.82) is 0 Å². The first-order valence-corrected chi connectivity index (χ1v) is 5.49. The molecular weight excluding hydrogens is 230 g/mol. The zero-order chi connectivity index (χ0) is 13.0. The second kappa shape index (κ2) is 5.28. The van der Waals surface area contributed by atoms with Gasteiger partial charge in [0, 0.05) is 17.0 Å². The summed E-state index contributed by atoms with van der Waals surface area (Å²) in [5, 5.41) is 3.53. The predicted molar refractivity (Wildman–Crippen MR) is 68.3 cm³/mol. The Morgan fingerprint density at radius 1 is 1.56 bits per heavy atom. The number of fused-ring (bicyclic) bond motifs is 1. The predicted octanol–water partition coefficient (Wildman–Crippen LogP) is 1.73. The van der Waals surface area contributed by atoms with Gasteiger partial charge in [0.05, 0.1) is 26.3 Å². The third-order valence-electron chi connectivity index (χ3n) is 2.60. The van der Waals surface area contributed by atoms with E-state index in [0.29, 0.717) is 5.58 Å². The number of carbonyl (C=O) groups is 1. The summed E-state index contributed by atoms with van der Waals surface area (Å²) in [5.41, 5.74) is 1.54. The van der Waals surface area contributed by atoms with Gasteiger partial charge >= 0.3 is 0 Å². The summed E-state index contributed by atoms with van der Waals surface area (Å²) in [4.78, 5) is 11.6. The lowest BCUT2D eigenvalue weighted by atomic mass is 10.1. The van der Waals surface area contributed by atoms with Crippen LogP contribution in [0.25, 0.3) is 11.0 Å². The molecule has 0 fully saturated rings. The quantitative estimate of drug-likeness (QED) is 0.832. The van der Waals surface area contributed by atoms with E-state index in [1.807, 2.05) is 12.1 Å². The van der Waals surface area contributed by atoms with Gasteiger partial charge < -0.3 is 14.5 Å². The highest BCUT2D eigenvalue weighted by atomic mass is 16.5. The van der Waals surface area contributed by atoms with Crippen LogP contribution in [0.15, 0.2) is 28.9 Å². The van der Waals surface area contributed by atoms with E-state index in [2.05, 4.69) is 11.2 Å². The number of ether oxygens (including phenoxy) is 1. The molecule has 0 aliphatic heterocycles. The molecule has 0 atom stereocenters. The van der Waals surface area contributed by atoms with Crippen LogP contribution in [-0.4, -0.2) is 19.6 Å². The highest BCUT2D eigenvalue weighted by Crippen LogP contribution is 2.25. The SMILES string of the molecule is C#CCNC(=O)Cc1coc2cc(OC)ccc12. The maximum Gasteiger partial charge on any atom is 0.225 e. The number of rotatable bonds is 4. The van der Waals surface area contributed by atoms with Gasteiger partial charge in [-0.25, -0.2) is 0 Å². The van der Waals surface area contributed by atoms with Crippen molar-refractivity contribution in [1.82, 2.24) is 5.32 Å². The van der Waals surface area contributed by atoms with E-state index in [1.54, 1.807) is 19.4 Å². The number of terminal acetylenes is 1. The van der Waals surface area contributed by atoms with Crippen LogP contribution in [0.5, 0.6) is 5.75 Å². The molecule has 1 N–H and O–H groups in total. The van der Waals surface area contributed by atoms with Gasteiger partial charge in [-0.3, -0.25) is 4.79 Å². The molecule has 1 heterocycles. The molecule has 0 saturated carbocycles. The molecule has 2 rings (SSSR count). The number of methoxy groups -OCH3 is 1.